The minimum absolute atomic E-state index is 0.00132. The summed E-state index contributed by atoms with van der Waals surface area (Å²) in [6.07, 6.45) is 4.30. The van der Waals surface area contributed by atoms with E-state index in [2.05, 4.69) is 12.2 Å². The van der Waals surface area contributed by atoms with Gasteiger partial charge in [0.2, 0.25) is 11.8 Å². The summed E-state index contributed by atoms with van der Waals surface area (Å²) >= 11 is 0. The monoisotopic (exact) mass is 252 g/mol. The summed E-state index contributed by atoms with van der Waals surface area (Å²) in [4.78, 5) is 25.7. The minimum Gasteiger partial charge on any atom is -0.303 e. The lowest BCUT2D eigenvalue weighted by Gasteiger charge is -2.35. The molecular formula is C14H24N2O2. The van der Waals surface area contributed by atoms with Crippen LogP contribution in [0.25, 0.3) is 0 Å². The molecule has 1 N–H and O–H groups in total. The maximum Gasteiger partial charge on any atom is 0.247 e. The van der Waals surface area contributed by atoms with Gasteiger partial charge in [0.1, 0.15) is 0 Å². The van der Waals surface area contributed by atoms with Crippen LogP contribution in [0.15, 0.2) is 0 Å². The van der Waals surface area contributed by atoms with Crippen molar-refractivity contribution in [3.63, 3.8) is 0 Å². The van der Waals surface area contributed by atoms with Gasteiger partial charge in [0, 0.05) is 12.1 Å². The standard InChI is InChI=1S/C14H24N2O2/c1-4-11(5-2)16-13(17)8-12(14(16)18)15-10-6-9(3)7-10/h9-12,15H,4-8H2,1-3H3. The molecule has 4 nitrogen and oxygen atoms in total. The molecule has 4 heteroatoms. The van der Waals surface area contributed by atoms with E-state index in [9.17, 15) is 9.59 Å². The summed E-state index contributed by atoms with van der Waals surface area (Å²) in [5, 5.41) is 3.35. The number of rotatable bonds is 5. The molecule has 0 aromatic carbocycles. The Bertz CT molecular complexity index is 333. The normalized spacial score (nSPS) is 32.2. The third kappa shape index (κ3) is 2.44. The Labute approximate surface area is 109 Å². The van der Waals surface area contributed by atoms with Crippen LogP contribution < -0.4 is 5.32 Å². The first kappa shape index (κ1) is 13.5. The van der Waals surface area contributed by atoms with Crippen molar-refractivity contribution in [3.05, 3.63) is 0 Å². The summed E-state index contributed by atoms with van der Waals surface area (Å²) in [6, 6.07) is 0.246. The highest BCUT2D eigenvalue weighted by molar-refractivity contribution is 6.05. The first-order valence-corrected chi connectivity index (χ1v) is 7.18. The molecule has 2 amide bonds. The molecule has 1 atom stereocenters. The Morgan fingerprint density at radius 1 is 1.28 bits per heavy atom. The highest BCUT2D eigenvalue weighted by Crippen LogP contribution is 2.28. The lowest BCUT2D eigenvalue weighted by molar-refractivity contribution is -0.141. The maximum absolute atomic E-state index is 12.3. The van der Waals surface area contributed by atoms with E-state index >= 15 is 0 Å². The van der Waals surface area contributed by atoms with Crippen LogP contribution in [0.3, 0.4) is 0 Å². The fourth-order valence-corrected chi connectivity index (χ4v) is 3.14. The summed E-state index contributed by atoms with van der Waals surface area (Å²) in [6.45, 7) is 6.28. The van der Waals surface area contributed by atoms with Gasteiger partial charge in [0.25, 0.3) is 0 Å². The number of imide groups is 1. The molecule has 2 fully saturated rings. The van der Waals surface area contributed by atoms with Crippen molar-refractivity contribution < 1.29 is 9.59 Å². The summed E-state index contributed by atoms with van der Waals surface area (Å²) in [5.41, 5.74) is 0. The second-order valence-electron chi connectivity index (χ2n) is 5.77. The number of hydrogen-bond donors (Lipinski definition) is 1. The van der Waals surface area contributed by atoms with Crippen LogP contribution in [0.4, 0.5) is 0 Å². The SMILES string of the molecule is CCC(CC)N1C(=O)CC(NC2CC(C)C2)C1=O. The Morgan fingerprint density at radius 2 is 1.89 bits per heavy atom. The highest BCUT2D eigenvalue weighted by Gasteiger charge is 2.43. The van der Waals surface area contributed by atoms with Crippen LogP contribution in [0, 0.1) is 5.92 Å². The molecule has 1 saturated heterocycles. The zero-order valence-corrected chi connectivity index (χ0v) is 11.6. The molecule has 1 heterocycles. The Balaban J connectivity index is 1.95. The lowest BCUT2D eigenvalue weighted by atomic mass is 9.81. The predicted octanol–water partition coefficient (Wildman–Crippen LogP) is 1.69. The number of likely N-dealkylation sites (tertiary alicyclic amines) is 1. The van der Waals surface area contributed by atoms with Crippen molar-refractivity contribution in [2.45, 2.75) is 71.0 Å². The third-order valence-electron chi connectivity index (χ3n) is 4.30. The number of amides is 2. The van der Waals surface area contributed by atoms with Gasteiger partial charge >= 0.3 is 0 Å². The number of nitrogens with one attached hydrogen (secondary N) is 1. The molecule has 1 aliphatic heterocycles. The number of carbonyl (C=O) groups is 2. The summed E-state index contributed by atoms with van der Waals surface area (Å²) < 4.78 is 0. The fourth-order valence-electron chi connectivity index (χ4n) is 3.14. The van der Waals surface area contributed by atoms with E-state index in [0.29, 0.717) is 12.5 Å². The van der Waals surface area contributed by atoms with E-state index in [0.717, 1.165) is 31.6 Å². The molecule has 2 rings (SSSR count). The molecule has 0 aromatic rings. The smallest absolute Gasteiger partial charge is 0.247 e. The van der Waals surface area contributed by atoms with E-state index in [1.165, 1.54) is 4.90 Å². The largest absolute Gasteiger partial charge is 0.303 e. The van der Waals surface area contributed by atoms with Gasteiger partial charge in [-0.25, -0.2) is 0 Å². The van der Waals surface area contributed by atoms with Gasteiger partial charge in [0.05, 0.1) is 12.5 Å². The average molecular weight is 252 g/mol. The molecule has 0 aromatic heterocycles. The average Bonchev–Trinajstić information content (AvgIpc) is 2.56. The van der Waals surface area contributed by atoms with Crippen molar-refractivity contribution in [1.82, 2.24) is 10.2 Å². The summed E-state index contributed by atoms with van der Waals surface area (Å²) in [7, 11) is 0. The van der Waals surface area contributed by atoms with E-state index in [4.69, 9.17) is 0 Å². The van der Waals surface area contributed by atoms with E-state index in [-0.39, 0.29) is 23.9 Å². The van der Waals surface area contributed by atoms with Gasteiger partial charge in [-0.15, -0.1) is 0 Å². The van der Waals surface area contributed by atoms with Gasteiger partial charge < -0.3 is 5.32 Å². The Morgan fingerprint density at radius 3 is 2.39 bits per heavy atom. The van der Waals surface area contributed by atoms with E-state index in [1.54, 1.807) is 0 Å². The van der Waals surface area contributed by atoms with Gasteiger partial charge in [-0.2, -0.15) is 0 Å². The lowest BCUT2D eigenvalue weighted by Crippen LogP contribution is -2.50. The van der Waals surface area contributed by atoms with Crippen molar-refractivity contribution in [2.75, 3.05) is 0 Å². The predicted molar refractivity (Wildman–Crippen MR) is 69.9 cm³/mol. The van der Waals surface area contributed by atoms with Crippen LogP contribution in [0.2, 0.25) is 0 Å². The zero-order chi connectivity index (χ0) is 13.3. The molecule has 1 saturated carbocycles. The third-order valence-corrected chi connectivity index (χ3v) is 4.30. The van der Waals surface area contributed by atoms with Gasteiger partial charge in [0.15, 0.2) is 0 Å². The molecule has 1 aliphatic carbocycles. The molecular weight excluding hydrogens is 228 g/mol. The first-order chi connectivity index (χ1) is 8.56. The van der Waals surface area contributed by atoms with Crippen LogP contribution in [0.1, 0.15) is 52.9 Å². The fraction of sp³-hybridized carbons (Fsp3) is 0.857. The highest BCUT2D eigenvalue weighted by atomic mass is 16.2. The van der Waals surface area contributed by atoms with E-state index in [1.807, 2.05) is 13.8 Å². The molecule has 2 aliphatic rings. The van der Waals surface area contributed by atoms with Crippen molar-refractivity contribution in [1.29, 1.82) is 0 Å². The topological polar surface area (TPSA) is 49.4 Å². The van der Waals surface area contributed by atoms with E-state index < -0.39 is 0 Å². The van der Waals surface area contributed by atoms with Gasteiger partial charge in [-0.1, -0.05) is 20.8 Å². The number of hydrogen-bond acceptors (Lipinski definition) is 3. The molecule has 0 bridgehead atoms. The second-order valence-corrected chi connectivity index (χ2v) is 5.77. The van der Waals surface area contributed by atoms with Crippen LogP contribution in [0.5, 0.6) is 0 Å². The van der Waals surface area contributed by atoms with Crippen LogP contribution >= 0.6 is 0 Å². The quantitative estimate of drug-likeness (QED) is 0.758. The van der Waals surface area contributed by atoms with Crippen molar-refractivity contribution in [3.8, 4) is 0 Å². The molecule has 0 radical (unpaired) electrons. The van der Waals surface area contributed by atoms with Crippen LogP contribution in [-0.2, 0) is 9.59 Å². The van der Waals surface area contributed by atoms with Crippen molar-refractivity contribution in [2.24, 2.45) is 5.92 Å². The molecule has 18 heavy (non-hydrogen) atoms. The molecule has 1 unspecified atom stereocenters. The number of carbonyl (C=O) groups excluding carboxylic acids is 2. The zero-order valence-electron chi connectivity index (χ0n) is 11.6. The van der Waals surface area contributed by atoms with Crippen LogP contribution in [-0.4, -0.2) is 34.8 Å². The summed E-state index contributed by atoms with van der Waals surface area (Å²) in [5.74, 6) is 0.747. The van der Waals surface area contributed by atoms with Crippen molar-refractivity contribution >= 4 is 11.8 Å². The van der Waals surface area contributed by atoms with Gasteiger partial charge in [-0.05, 0) is 31.6 Å². The Hall–Kier alpha value is -0.900. The Kier molecular flexibility index (Phi) is 4.05. The van der Waals surface area contributed by atoms with Gasteiger partial charge in [-0.3, -0.25) is 14.5 Å². The number of nitrogens with zero attached hydrogens (tertiary/aromatic N) is 1. The first-order valence-electron chi connectivity index (χ1n) is 7.18. The molecule has 0 spiro atoms. The minimum atomic E-state index is -0.268. The maximum atomic E-state index is 12.3. The second kappa shape index (κ2) is 5.39. The molecule has 102 valence electrons.